The number of nitrogens with one attached hydrogen (secondary N) is 1. The average Bonchev–Trinajstić information content (AvgIpc) is 2.25. The average molecular weight is 301 g/mol. The molecule has 4 nitrogen and oxygen atoms in total. The number of aromatic nitrogens is 1. The molecule has 94 valence electrons. The Balaban J connectivity index is 1.98. The van der Waals surface area contributed by atoms with Gasteiger partial charge in [0.1, 0.15) is 4.60 Å². The van der Waals surface area contributed by atoms with Crippen molar-refractivity contribution in [3.63, 3.8) is 0 Å². The van der Waals surface area contributed by atoms with E-state index in [1.165, 1.54) is 0 Å². The maximum Gasteiger partial charge on any atom is 0.162 e. The predicted molar refractivity (Wildman–Crippen MR) is 70.1 cm³/mol. The molecule has 0 aromatic carbocycles. The second kappa shape index (κ2) is 4.92. The fourth-order valence-corrected chi connectivity index (χ4v) is 2.08. The summed E-state index contributed by atoms with van der Waals surface area (Å²) in [5.41, 5.74) is 1.98. The van der Waals surface area contributed by atoms with Gasteiger partial charge in [0, 0.05) is 0 Å². The van der Waals surface area contributed by atoms with Crippen LogP contribution in [0.2, 0.25) is 0 Å². The van der Waals surface area contributed by atoms with E-state index in [1.807, 2.05) is 32.9 Å². The lowest BCUT2D eigenvalue weighted by Crippen LogP contribution is -2.45. The van der Waals surface area contributed by atoms with Gasteiger partial charge in [-0.15, -0.1) is 0 Å². The van der Waals surface area contributed by atoms with Crippen LogP contribution in [0.4, 0.5) is 5.69 Å². The van der Waals surface area contributed by atoms with Crippen LogP contribution in [-0.4, -0.2) is 30.0 Å². The van der Waals surface area contributed by atoms with Gasteiger partial charge in [-0.2, -0.15) is 0 Å². The number of halogens is 1. The van der Waals surface area contributed by atoms with Crippen LogP contribution in [0.3, 0.4) is 0 Å². The number of aryl methyl sites for hydroxylation is 1. The molecule has 0 saturated carbocycles. The molecule has 0 radical (unpaired) electrons. The molecule has 1 aliphatic heterocycles. The Labute approximate surface area is 110 Å². The van der Waals surface area contributed by atoms with Gasteiger partial charge in [-0.1, -0.05) is 0 Å². The standard InChI is InChI=1S/C12H17BrN2O2/c1-8-10(4-5-11(13)14-8)15-9-6-16-12(2,3)17-7-9/h4-5,9,15H,6-7H2,1-3H3. The van der Waals surface area contributed by atoms with E-state index in [1.54, 1.807) is 0 Å². The monoisotopic (exact) mass is 300 g/mol. The summed E-state index contributed by atoms with van der Waals surface area (Å²) in [4.78, 5) is 4.34. The second-order valence-electron chi connectivity index (χ2n) is 4.63. The molecular formula is C12H17BrN2O2. The maximum absolute atomic E-state index is 5.60. The van der Waals surface area contributed by atoms with Crippen molar-refractivity contribution >= 4 is 21.6 Å². The Morgan fingerprint density at radius 1 is 1.35 bits per heavy atom. The van der Waals surface area contributed by atoms with Crippen molar-refractivity contribution in [3.05, 3.63) is 22.4 Å². The van der Waals surface area contributed by atoms with Crippen LogP contribution >= 0.6 is 15.9 Å². The number of ether oxygens (including phenoxy) is 2. The molecule has 0 bridgehead atoms. The first-order valence-electron chi connectivity index (χ1n) is 5.64. The van der Waals surface area contributed by atoms with Gasteiger partial charge in [-0.05, 0) is 48.8 Å². The molecule has 1 aromatic heterocycles. The smallest absolute Gasteiger partial charge is 0.162 e. The molecule has 1 N–H and O–H groups in total. The molecular weight excluding hydrogens is 284 g/mol. The van der Waals surface area contributed by atoms with E-state index in [-0.39, 0.29) is 6.04 Å². The van der Waals surface area contributed by atoms with Gasteiger partial charge < -0.3 is 14.8 Å². The topological polar surface area (TPSA) is 43.4 Å². The lowest BCUT2D eigenvalue weighted by atomic mass is 10.2. The van der Waals surface area contributed by atoms with Crippen molar-refractivity contribution in [3.8, 4) is 0 Å². The third-order valence-electron chi connectivity index (χ3n) is 2.68. The highest BCUT2D eigenvalue weighted by Crippen LogP contribution is 2.21. The summed E-state index contributed by atoms with van der Waals surface area (Å²) in [7, 11) is 0. The predicted octanol–water partition coefficient (Wildman–Crippen LogP) is 2.72. The third kappa shape index (κ3) is 3.40. The van der Waals surface area contributed by atoms with E-state index in [9.17, 15) is 0 Å². The molecule has 0 amide bonds. The van der Waals surface area contributed by atoms with Gasteiger partial charge in [0.25, 0.3) is 0 Å². The summed E-state index contributed by atoms with van der Waals surface area (Å²) < 4.78 is 12.0. The van der Waals surface area contributed by atoms with E-state index in [2.05, 4.69) is 26.2 Å². The number of rotatable bonds is 2. The summed E-state index contributed by atoms with van der Waals surface area (Å²) in [5.74, 6) is -0.467. The minimum atomic E-state index is -0.467. The maximum atomic E-state index is 5.60. The summed E-state index contributed by atoms with van der Waals surface area (Å²) >= 11 is 3.35. The number of pyridine rings is 1. The molecule has 1 aromatic rings. The summed E-state index contributed by atoms with van der Waals surface area (Å²) in [6.07, 6.45) is 0. The highest BCUT2D eigenvalue weighted by molar-refractivity contribution is 9.10. The minimum Gasteiger partial charge on any atom is -0.376 e. The molecule has 0 atom stereocenters. The van der Waals surface area contributed by atoms with Crippen molar-refractivity contribution in [1.29, 1.82) is 0 Å². The minimum absolute atomic E-state index is 0.171. The normalized spacial score (nSPS) is 20.2. The first kappa shape index (κ1) is 12.8. The number of hydrogen-bond donors (Lipinski definition) is 1. The zero-order valence-corrected chi connectivity index (χ0v) is 11.9. The number of anilines is 1. The molecule has 1 saturated heterocycles. The largest absolute Gasteiger partial charge is 0.376 e. The summed E-state index contributed by atoms with van der Waals surface area (Å²) in [6.45, 7) is 7.11. The van der Waals surface area contributed by atoms with Crippen molar-refractivity contribution in [2.75, 3.05) is 18.5 Å². The van der Waals surface area contributed by atoms with Gasteiger partial charge in [0.05, 0.1) is 30.6 Å². The molecule has 5 heteroatoms. The highest BCUT2D eigenvalue weighted by Gasteiger charge is 2.28. The lowest BCUT2D eigenvalue weighted by molar-refractivity contribution is -0.247. The molecule has 2 heterocycles. The molecule has 2 rings (SSSR count). The van der Waals surface area contributed by atoms with Crippen LogP contribution in [0.15, 0.2) is 16.7 Å². The first-order valence-corrected chi connectivity index (χ1v) is 6.43. The van der Waals surface area contributed by atoms with Gasteiger partial charge in [-0.25, -0.2) is 4.98 Å². The fraction of sp³-hybridized carbons (Fsp3) is 0.583. The Hall–Kier alpha value is -0.650. The molecule has 0 spiro atoms. The van der Waals surface area contributed by atoms with E-state index in [0.29, 0.717) is 13.2 Å². The van der Waals surface area contributed by atoms with Crippen LogP contribution in [0.25, 0.3) is 0 Å². The quantitative estimate of drug-likeness (QED) is 0.853. The van der Waals surface area contributed by atoms with E-state index >= 15 is 0 Å². The number of nitrogens with zero attached hydrogens (tertiary/aromatic N) is 1. The van der Waals surface area contributed by atoms with Gasteiger partial charge in [-0.3, -0.25) is 0 Å². The van der Waals surface area contributed by atoms with Crippen LogP contribution in [0.1, 0.15) is 19.5 Å². The van der Waals surface area contributed by atoms with E-state index in [0.717, 1.165) is 16.0 Å². The highest BCUT2D eigenvalue weighted by atomic mass is 79.9. The molecule has 0 aliphatic carbocycles. The zero-order chi connectivity index (χ0) is 12.5. The SMILES string of the molecule is Cc1nc(Br)ccc1NC1COC(C)(C)OC1. The third-order valence-corrected chi connectivity index (χ3v) is 3.12. The van der Waals surface area contributed by atoms with Gasteiger partial charge in [0.2, 0.25) is 0 Å². The Morgan fingerprint density at radius 2 is 2.00 bits per heavy atom. The second-order valence-corrected chi connectivity index (χ2v) is 5.44. The van der Waals surface area contributed by atoms with Crippen LogP contribution in [0.5, 0.6) is 0 Å². The molecule has 1 fully saturated rings. The van der Waals surface area contributed by atoms with Crippen molar-refractivity contribution in [2.24, 2.45) is 0 Å². The Bertz CT molecular complexity index is 399. The summed E-state index contributed by atoms with van der Waals surface area (Å²) in [5, 5.41) is 3.38. The van der Waals surface area contributed by atoms with Gasteiger partial charge in [0.15, 0.2) is 5.79 Å². The van der Waals surface area contributed by atoms with Crippen LogP contribution in [0, 0.1) is 6.92 Å². The van der Waals surface area contributed by atoms with E-state index < -0.39 is 5.79 Å². The van der Waals surface area contributed by atoms with Gasteiger partial charge >= 0.3 is 0 Å². The van der Waals surface area contributed by atoms with Crippen molar-refractivity contribution in [2.45, 2.75) is 32.6 Å². The first-order chi connectivity index (χ1) is 7.96. The Morgan fingerprint density at radius 3 is 2.59 bits per heavy atom. The van der Waals surface area contributed by atoms with Crippen molar-refractivity contribution < 1.29 is 9.47 Å². The fourth-order valence-electron chi connectivity index (χ4n) is 1.68. The molecule has 1 aliphatic rings. The van der Waals surface area contributed by atoms with Crippen molar-refractivity contribution in [1.82, 2.24) is 4.98 Å². The molecule has 0 unspecified atom stereocenters. The van der Waals surface area contributed by atoms with E-state index in [4.69, 9.17) is 9.47 Å². The Kier molecular flexibility index (Phi) is 3.70. The zero-order valence-electron chi connectivity index (χ0n) is 10.3. The molecule has 17 heavy (non-hydrogen) atoms. The number of hydrogen-bond acceptors (Lipinski definition) is 4. The summed E-state index contributed by atoms with van der Waals surface area (Å²) in [6, 6.07) is 4.10. The van der Waals surface area contributed by atoms with Crippen LogP contribution < -0.4 is 5.32 Å². The van der Waals surface area contributed by atoms with Crippen LogP contribution in [-0.2, 0) is 9.47 Å². The lowest BCUT2D eigenvalue weighted by Gasteiger charge is -2.35.